The zero-order valence-electron chi connectivity index (χ0n) is 16.9. The average molecular weight is 426 g/mol. The molecule has 9 heteroatoms. The molecule has 1 aromatic heterocycles. The Labute approximate surface area is 175 Å². The standard InChI is InChI=1S/C21H23N5O3S/c1-3-26-17-10-6-5-9-16(17)23-19(26)14-25(2)20(27)12-13-22-21-15-8-4-7-11-18(15)30(28,29)24-21/h4-11H,3,12-14H2,1-2H3,(H,22,24). The van der Waals surface area contributed by atoms with Gasteiger partial charge in [0.2, 0.25) is 5.91 Å². The molecule has 156 valence electrons. The Morgan fingerprint density at radius 1 is 1.17 bits per heavy atom. The van der Waals surface area contributed by atoms with Gasteiger partial charge in [-0.15, -0.1) is 0 Å². The molecule has 0 fully saturated rings. The minimum atomic E-state index is -3.57. The van der Waals surface area contributed by atoms with Crippen molar-refractivity contribution in [3.63, 3.8) is 0 Å². The van der Waals surface area contributed by atoms with Gasteiger partial charge in [0.1, 0.15) is 11.7 Å². The number of aromatic nitrogens is 2. The third-order valence-corrected chi connectivity index (χ3v) is 6.51. The summed E-state index contributed by atoms with van der Waals surface area (Å²) in [6.07, 6.45) is 0.177. The zero-order valence-corrected chi connectivity index (χ0v) is 17.7. The van der Waals surface area contributed by atoms with Gasteiger partial charge < -0.3 is 9.47 Å². The number of carbonyl (C=O) groups excluding carboxylic acids is 1. The molecule has 2 aromatic carbocycles. The molecule has 0 bridgehead atoms. The number of carbonyl (C=O) groups is 1. The van der Waals surface area contributed by atoms with Crippen molar-refractivity contribution in [3.05, 3.63) is 59.9 Å². The van der Waals surface area contributed by atoms with E-state index in [1.807, 2.05) is 24.3 Å². The Balaban J connectivity index is 1.42. The second-order valence-corrected chi connectivity index (χ2v) is 8.74. The first-order chi connectivity index (χ1) is 14.4. The molecule has 0 saturated heterocycles. The molecule has 0 aliphatic carbocycles. The van der Waals surface area contributed by atoms with Crippen molar-refractivity contribution in [2.45, 2.75) is 31.3 Å². The van der Waals surface area contributed by atoms with Crippen LogP contribution >= 0.6 is 0 Å². The maximum Gasteiger partial charge on any atom is 0.263 e. The Morgan fingerprint density at radius 3 is 2.70 bits per heavy atom. The van der Waals surface area contributed by atoms with Crippen LogP contribution in [-0.2, 0) is 27.9 Å². The minimum absolute atomic E-state index is 0.0804. The Bertz CT molecular complexity index is 1250. The molecule has 2 heterocycles. The van der Waals surface area contributed by atoms with Gasteiger partial charge in [-0.25, -0.2) is 13.4 Å². The van der Waals surface area contributed by atoms with Crippen molar-refractivity contribution in [1.82, 2.24) is 19.2 Å². The summed E-state index contributed by atoms with van der Waals surface area (Å²) in [5.74, 6) is 1.04. The lowest BCUT2D eigenvalue weighted by molar-refractivity contribution is -0.130. The molecular weight excluding hydrogens is 402 g/mol. The molecule has 8 nitrogen and oxygen atoms in total. The van der Waals surface area contributed by atoms with E-state index >= 15 is 0 Å². The highest BCUT2D eigenvalue weighted by atomic mass is 32.2. The van der Waals surface area contributed by atoms with Crippen LogP contribution in [0.1, 0.15) is 24.7 Å². The quantitative estimate of drug-likeness (QED) is 0.654. The number of fused-ring (bicyclic) bond motifs is 2. The van der Waals surface area contributed by atoms with Crippen LogP contribution in [0.5, 0.6) is 0 Å². The summed E-state index contributed by atoms with van der Waals surface area (Å²) >= 11 is 0. The highest BCUT2D eigenvalue weighted by Gasteiger charge is 2.30. The number of amidine groups is 1. The monoisotopic (exact) mass is 425 g/mol. The summed E-state index contributed by atoms with van der Waals surface area (Å²) in [6, 6.07) is 14.6. The highest BCUT2D eigenvalue weighted by molar-refractivity contribution is 7.90. The van der Waals surface area contributed by atoms with Crippen LogP contribution < -0.4 is 4.72 Å². The fourth-order valence-corrected chi connectivity index (χ4v) is 4.86. The maximum absolute atomic E-state index is 12.6. The largest absolute Gasteiger partial charge is 0.338 e. The summed E-state index contributed by atoms with van der Waals surface area (Å²) in [6.45, 7) is 3.41. The van der Waals surface area contributed by atoms with Crippen molar-refractivity contribution < 1.29 is 13.2 Å². The Hall–Kier alpha value is -3.20. The normalized spacial score (nSPS) is 15.9. The van der Waals surface area contributed by atoms with Gasteiger partial charge >= 0.3 is 0 Å². The van der Waals surface area contributed by atoms with Gasteiger partial charge in [0, 0.05) is 25.6 Å². The number of nitrogens with one attached hydrogen (secondary N) is 1. The molecule has 0 radical (unpaired) electrons. The van der Waals surface area contributed by atoms with E-state index < -0.39 is 10.0 Å². The van der Waals surface area contributed by atoms with Gasteiger partial charge in [-0.1, -0.05) is 24.3 Å². The fourth-order valence-electron chi connectivity index (χ4n) is 3.60. The first kappa shape index (κ1) is 20.1. The van der Waals surface area contributed by atoms with Crippen LogP contribution in [0.2, 0.25) is 0 Å². The number of para-hydroxylation sites is 2. The first-order valence-electron chi connectivity index (χ1n) is 9.75. The number of rotatable bonds is 6. The molecule has 0 spiro atoms. The average Bonchev–Trinajstić information content (AvgIpc) is 3.21. The number of sulfonamides is 1. The molecule has 0 atom stereocenters. The predicted molar refractivity (Wildman–Crippen MR) is 115 cm³/mol. The van der Waals surface area contributed by atoms with Crippen molar-refractivity contribution in [2.75, 3.05) is 13.6 Å². The number of aliphatic imine (C=N–C) groups is 1. The number of aryl methyl sites for hydroxylation is 1. The molecule has 0 unspecified atom stereocenters. The SMILES string of the molecule is CCn1c(CN(C)C(=O)CCN=C2NS(=O)(=O)c3ccccc32)nc2ccccc21. The number of amides is 1. The van der Waals surface area contributed by atoms with Crippen LogP contribution in [0.4, 0.5) is 0 Å². The minimum Gasteiger partial charge on any atom is -0.338 e. The van der Waals surface area contributed by atoms with Crippen LogP contribution in [0.3, 0.4) is 0 Å². The van der Waals surface area contributed by atoms with Crippen LogP contribution in [0, 0.1) is 0 Å². The van der Waals surface area contributed by atoms with Gasteiger partial charge in [-0.2, -0.15) is 0 Å². The third-order valence-electron chi connectivity index (χ3n) is 5.11. The lowest BCUT2D eigenvalue weighted by Gasteiger charge is -2.17. The summed E-state index contributed by atoms with van der Waals surface area (Å²) in [4.78, 5) is 23.4. The van der Waals surface area contributed by atoms with Crippen molar-refractivity contribution in [3.8, 4) is 0 Å². The fraction of sp³-hybridized carbons (Fsp3) is 0.286. The third kappa shape index (κ3) is 3.68. The van der Waals surface area contributed by atoms with E-state index in [1.54, 1.807) is 36.2 Å². The zero-order chi connectivity index (χ0) is 21.3. The van der Waals surface area contributed by atoms with Crippen LogP contribution in [0.15, 0.2) is 58.4 Å². The van der Waals surface area contributed by atoms with E-state index in [4.69, 9.17) is 0 Å². The lowest BCUT2D eigenvalue weighted by atomic mass is 10.2. The number of imidazole rings is 1. The van der Waals surface area contributed by atoms with Gasteiger partial charge in [0.05, 0.1) is 29.0 Å². The van der Waals surface area contributed by atoms with E-state index in [2.05, 4.69) is 26.2 Å². The van der Waals surface area contributed by atoms with E-state index in [0.29, 0.717) is 12.1 Å². The molecule has 30 heavy (non-hydrogen) atoms. The van der Waals surface area contributed by atoms with Crippen LogP contribution in [-0.4, -0.2) is 48.2 Å². The van der Waals surface area contributed by atoms with Crippen molar-refractivity contribution >= 4 is 32.8 Å². The first-order valence-corrected chi connectivity index (χ1v) is 11.2. The van der Waals surface area contributed by atoms with E-state index in [-0.39, 0.29) is 29.6 Å². The summed E-state index contributed by atoms with van der Waals surface area (Å²) in [7, 11) is -1.83. The molecule has 1 aliphatic rings. The molecule has 1 N–H and O–H groups in total. The molecule has 1 aliphatic heterocycles. The number of hydrogen-bond acceptors (Lipinski definition) is 5. The molecule has 0 saturated carbocycles. The smallest absolute Gasteiger partial charge is 0.263 e. The topological polar surface area (TPSA) is 96.7 Å². The summed E-state index contributed by atoms with van der Waals surface area (Å²) in [5, 5.41) is 0. The molecule has 4 rings (SSSR count). The number of nitrogens with zero attached hydrogens (tertiary/aromatic N) is 4. The number of benzene rings is 2. The van der Waals surface area contributed by atoms with Gasteiger partial charge in [-0.05, 0) is 31.2 Å². The summed E-state index contributed by atoms with van der Waals surface area (Å²) < 4.78 is 28.8. The van der Waals surface area contributed by atoms with Gasteiger partial charge in [-0.3, -0.25) is 14.5 Å². The predicted octanol–water partition coefficient (Wildman–Crippen LogP) is 2.14. The highest BCUT2D eigenvalue weighted by Crippen LogP contribution is 2.22. The molecular formula is C21H23N5O3S. The van der Waals surface area contributed by atoms with Crippen molar-refractivity contribution in [2.24, 2.45) is 4.99 Å². The van der Waals surface area contributed by atoms with Crippen LogP contribution in [0.25, 0.3) is 11.0 Å². The molecule has 3 aromatic rings. The number of hydrogen-bond donors (Lipinski definition) is 1. The summed E-state index contributed by atoms with van der Waals surface area (Å²) in [5.41, 5.74) is 2.50. The second kappa shape index (κ2) is 7.91. The van der Waals surface area contributed by atoms with Gasteiger partial charge in [0.15, 0.2) is 0 Å². The van der Waals surface area contributed by atoms with Gasteiger partial charge in [0.25, 0.3) is 10.0 Å². The Morgan fingerprint density at radius 2 is 1.90 bits per heavy atom. The van der Waals surface area contributed by atoms with E-state index in [1.165, 1.54) is 0 Å². The second-order valence-electron chi connectivity index (χ2n) is 7.09. The maximum atomic E-state index is 12.6. The van der Waals surface area contributed by atoms with E-state index in [0.717, 1.165) is 23.4 Å². The Kier molecular flexibility index (Phi) is 5.29. The van der Waals surface area contributed by atoms with E-state index in [9.17, 15) is 13.2 Å². The molecule has 1 amide bonds. The van der Waals surface area contributed by atoms with Crippen molar-refractivity contribution in [1.29, 1.82) is 0 Å². The lowest BCUT2D eigenvalue weighted by Crippen LogP contribution is -2.28.